The Labute approximate surface area is 131 Å². The predicted molar refractivity (Wildman–Crippen MR) is 80.0 cm³/mol. The minimum atomic E-state index is -4.12. The summed E-state index contributed by atoms with van der Waals surface area (Å²) in [6.07, 6.45) is 2.90. The zero-order chi connectivity index (χ0) is 16.9. The van der Waals surface area contributed by atoms with Crippen molar-refractivity contribution in [3.63, 3.8) is 0 Å². The molecular weight excluding hydrogens is 328 g/mol. The summed E-state index contributed by atoms with van der Waals surface area (Å²) in [6.45, 7) is 0. The molecule has 0 spiro atoms. The molecule has 2 aromatic rings. The summed E-state index contributed by atoms with van der Waals surface area (Å²) in [7, 11) is -1.38. The Morgan fingerprint density at radius 2 is 1.70 bits per heavy atom. The summed E-state index contributed by atoms with van der Waals surface area (Å²) in [5.41, 5.74) is 0. The SMILES string of the molecule is COc1cc(OC)nc(NC(=O)NS(=O)(=O)Nn2cccc2)n1. The van der Waals surface area contributed by atoms with Gasteiger partial charge in [0.25, 0.3) is 0 Å². The molecule has 0 aliphatic rings. The van der Waals surface area contributed by atoms with E-state index in [0.29, 0.717) is 0 Å². The third-order valence-corrected chi connectivity index (χ3v) is 3.29. The number of nitrogens with zero attached hydrogens (tertiary/aromatic N) is 3. The van der Waals surface area contributed by atoms with E-state index in [1.165, 1.54) is 32.7 Å². The average Bonchev–Trinajstić information content (AvgIpc) is 2.97. The molecule has 11 nitrogen and oxygen atoms in total. The van der Waals surface area contributed by atoms with Crippen LogP contribution in [0.2, 0.25) is 0 Å². The fraction of sp³-hybridized carbons (Fsp3) is 0.182. The largest absolute Gasteiger partial charge is 0.481 e. The molecule has 2 heterocycles. The molecule has 0 aromatic carbocycles. The Kier molecular flexibility index (Phi) is 4.85. The second kappa shape index (κ2) is 6.83. The first kappa shape index (κ1) is 16.4. The lowest BCUT2D eigenvalue weighted by Crippen LogP contribution is -2.41. The van der Waals surface area contributed by atoms with Gasteiger partial charge in [-0.15, -0.1) is 0 Å². The number of urea groups is 1. The number of nitrogens with one attached hydrogen (secondary N) is 3. The van der Waals surface area contributed by atoms with Gasteiger partial charge in [0, 0.05) is 12.4 Å². The summed E-state index contributed by atoms with van der Waals surface area (Å²) in [5.74, 6) is 0.0933. The van der Waals surface area contributed by atoms with Gasteiger partial charge in [0.2, 0.25) is 17.7 Å². The molecule has 0 aliphatic heterocycles. The molecule has 2 rings (SSSR count). The molecule has 12 heteroatoms. The third-order valence-electron chi connectivity index (χ3n) is 2.38. The van der Waals surface area contributed by atoms with Gasteiger partial charge < -0.3 is 9.47 Å². The van der Waals surface area contributed by atoms with E-state index in [1.807, 2.05) is 0 Å². The van der Waals surface area contributed by atoms with Crippen molar-refractivity contribution < 1.29 is 22.7 Å². The molecule has 124 valence electrons. The van der Waals surface area contributed by atoms with Gasteiger partial charge in [0.1, 0.15) is 0 Å². The lowest BCUT2D eigenvalue weighted by molar-refractivity contribution is 0.256. The van der Waals surface area contributed by atoms with Crippen LogP contribution in [0.15, 0.2) is 30.6 Å². The fourth-order valence-electron chi connectivity index (χ4n) is 1.48. The van der Waals surface area contributed by atoms with Gasteiger partial charge in [0.15, 0.2) is 0 Å². The van der Waals surface area contributed by atoms with E-state index in [1.54, 1.807) is 16.9 Å². The van der Waals surface area contributed by atoms with Crippen LogP contribution < -0.4 is 24.3 Å². The smallest absolute Gasteiger partial charge is 0.338 e. The molecular formula is C11H14N6O5S. The molecule has 0 fully saturated rings. The number of ether oxygens (including phenoxy) is 2. The number of rotatable bonds is 6. The molecule has 0 atom stereocenters. The van der Waals surface area contributed by atoms with Crippen LogP contribution in [0.5, 0.6) is 11.8 Å². The summed E-state index contributed by atoms with van der Waals surface area (Å²) < 4.78 is 36.2. The Morgan fingerprint density at radius 3 is 2.22 bits per heavy atom. The van der Waals surface area contributed by atoms with Crippen molar-refractivity contribution in [3.8, 4) is 11.8 Å². The number of amides is 2. The van der Waals surface area contributed by atoms with Crippen molar-refractivity contribution >= 4 is 22.2 Å². The van der Waals surface area contributed by atoms with Crippen LogP contribution in [0, 0.1) is 0 Å². The molecule has 0 unspecified atom stereocenters. The lowest BCUT2D eigenvalue weighted by Gasteiger charge is -2.11. The van der Waals surface area contributed by atoms with Crippen LogP contribution in [-0.2, 0) is 10.2 Å². The minimum Gasteiger partial charge on any atom is -0.481 e. The van der Waals surface area contributed by atoms with Crippen LogP contribution in [0.3, 0.4) is 0 Å². The van der Waals surface area contributed by atoms with Gasteiger partial charge in [-0.3, -0.25) is 9.99 Å². The molecule has 0 aliphatic carbocycles. The lowest BCUT2D eigenvalue weighted by atomic mass is 10.6. The zero-order valence-corrected chi connectivity index (χ0v) is 13.0. The minimum absolute atomic E-state index is 0.139. The van der Waals surface area contributed by atoms with Crippen LogP contribution in [-0.4, -0.2) is 43.3 Å². The van der Waals surface area contributed by atoms with Gasteiger partial charge in [-0.25, -0.2) is 14.3 Å². The molecule has 0 saturated carbocycles. The van der Waals surface area contributed by atoms with Crippen molar-refractivity contribution in [1.29, 1.82) is 0 Å². The van der Waals surface area contributed by atoms with Crippen molar-refractivity contribution in [2.45, 2.75) is 0 Å². The van der Waals surface area contributed by atoms with Crippen LogP contribution in [0.4, 0.5) is 10.7 Å². The fourth-order valence-corrected chi connectivity index (χ4v) is 2.22. The maximum atomic E-state index is 11.8. The summed E-state index contributed by atoms with van der Waals surface area (Å²) in [6, 6.07) is 3.56. The maximum Gasteiger partial charge on any atom is 0.338 e. The van der Waals surface area contributed by atoms with E-state index in [4.69, 9.17) is 9.47 Å². The molecule has 3 N–H and O–H groups in total. The third kappa shape index (κ3) is 4.74. The van der Waals surface area contributed by atoms with Gasteiger partial charge in [-0.2, -0.15) is 18.4 Å². The van der Waals surface area contributed by atoms with Crippen molar-refractivity contribution in [1.82, 2.24) is 19.4 Å². The number of aromatic nitrogens is 3. The molecule has 23 heavy (non-hydrogen) atoms. The number of carbonyl (C=O) groups excluding carboxylic acids is 1. The molecule has 0 radical (unpaired) electrons. The van der Waals surface area contributed by atoms with Crippen molar-refractivity contribution in [2.24, 2.45) is 0 Å². The van der Waals surface area contributed by atoms with Gasteiger partial charge in [-0.1, -0.05) is 0 Å². The Hall–Kier alpha value is -3.02. The van der Waals surface area contributed by atoms with E-state index in [2.05, 4.69) is 20.1 Å². The predicted octanol–water partition coefficient (Wildman–Crippen LogP) is -0.0947. The standard InChI is InChI=1S/C11H14N6O5S/c1-21-8-7-9(22-2)13-10(12-8)14-11(18)15-23(19,20)16-17-5-3-4-6-17/h3-7,16H,1-2H3,(H2,12,13,14,15,18). The zero-order valence-electron chi connectivity index (χ0n) is 12.2. The quantitative estimate of drug-likeness (QED) is 0.667. The molecule has 2 aromatic heterocycles. The first-order valence-electron chi connectivity index (χ1n) is 6.13. The summed E-state index contributed by atoms with van der Waals surface area (Å²) in [5, 5.41) is 2.17. The molecule has 0 bridgehead atoms. The highest BCUT2D eigenvalue weighted by atomic mass is 32.2. The maximum absolute atomic E-state index is 11.8. The number of methoxy groups -OCH3 is 2. The Balaban J connectivity index is 2.04. The second-order valence-corrected chi connectivity index (χ2v) is 5.41. The topological polar surface area (TPSA) is 136 Å². The van der Waals surface area contributed by atoms with Crippen LogP contribution in [0.25, 0.3) is 0 Å². The van der Waals surface area contributed by atoms with Crippen molar-refractivity contribution in [3.05, 3.63) is 30.6 Å². The molecule has 0 saturated heterocycles. The highest BCUT2D eigenvalue weighted by Gasteiger charge is 2.16. The van der Waals surface area contributed by atoms with Crippen LogP contribution >= 0.6 is 0 Å². The van der Waals surface area contributed by atoms with E-state index in [-0.39, 0.29) is 17.7 Å². The van der Waals surface area contributed by atoms with E-state index < -0.39 is 16.2 Å². The van der Waals surface area contributed by atoms with E-state index >= 15 is 0 Å². The monoisotopic (exact) mass is 342 g/mol. The number of anilines is 1. The summed E-state index contributed by atoms with van der Waals surface area (Å²) in [4.78, 5) is 21.5. The highest BCUT2D eigenvalue weighted by Crippen LogP contribution is 2.17. The molecule has 2 amide bonds. The van der Waals surface area contributed by atoms with E-state index in [0.717, 1.165) is 4.68 Å². The first-order valence-corrected chi connectivity index (χ1v) is 7.62. The Bertz CT molecular complexity index is 754. The summed E-state index contributed by atoms with van der Waals surface area (Å²) >= 11 is 0. The first-order chi connectivity index (χ1) is 10.9. The number of hydrogen-bond donors (Lipinski definition) is 3. The number of hydrogen-bond acceptors (Lipinski definition) is 7. The van der Waals surface area contributed by atoms with E-state index in [9.17, 15) is 13.2 Å². The second-order valence-electron chi connectivity index (χ2n) is 4.02. The Morgan fingerprint density at radius 1 is 1.13 bits per heavy atom. The van der Waals surface area contributed by atoms with Crippen molar-refractivity contribution in [2.75, 3.05) is 24.4 Å². The average molecular weight is 342 g/mol. The van der Waals surface area contributed by atoms with Gasteiger partial charge in [0.05, 0.1) is 20.3 Å². The van der Waals surface area contributed by atoms with Gasteiger partial charge >= 0.3 is 16.2 Å². The normalized spacial score (nSPS) is 10.7. The van der Waals surface area contributed by atoms with Gasteiger partial charge in [-0.05, 0) is 12.1 Å². The highest BCUT2D eigenvalue weighted by molar-refractivity contribution is 7.90. The van der Waals surface area contributed by atoms with Crippen LogP contribution in [0.1, 0.15) is 0 Å². The number of carbonyl (C=O) groups is 1.